The Morgan fingerprint density at radius 1 is 1.24 bits per heavy atom. The van der Waals surface area contributed by atoms with Crippen LogP contribution in [0.25, 0.3) is 0 Å². The lowest BCUT2D eigenvalue weighted by molar-refractivity contribution is 0.344. The molecule has 0 unspecified atom stereocenters. The van der Waals surface area contributed by atoms with Crippen molar-refractivity contribution >= 4 is 11.8 Å². The molecule has 2 nitrogen and oxygen atoms in total. The summed E-state index contributed by atoms with van der Waals surface area (Å²) in [7, 11) is 0. The van der Waals surface area contributed by atoms with Crippen LogP contribution in [0, 0.1) is 11.3 Å². The van der Waals surface area contributed by atoms with Gasteiger partial charge < -0.3 is 4.74 Å². The summed E-state index contributed by atoms with van der Waals surface area (Å²) in [5.74, 6) is 3.16. The van der Waals surface area contributed by atoms with Gasteiger partial charge in [-0.1, -0.05) is 25.5 Å². The summed E-state index contributed by atoms with van der Waals surface area (Å²) in [5, 5.41) is 8.55. The van der Waals surface area contributed by atoms with Crippen LogP contribution in [0.2, 0.25) is 0 Å². The van der Waals surface area contributed by atoms with E-state index in [4.69, 9.17) is 10.00 Å². The zero-order chi connectivity index (χ0) is 12.3. The molecule has 3 heteroatoms. The lowest BCUT2D eigenvalue weighted by Crippen LogP contribution is -2.00. The first kappa shape index (κ1) is 13.9. The smallest absolute Gasteiger partial charge is 0.119 e. The number of hydrogen-bond acceptors (Lipinski definition) is 3. The first-order valence-electron chi connectivity index (χ1n) is 6.03. The third-order valence-electron chi connectivity index (χ3n) is 2.35. The Bertz CT molecular complexity index is 342. The maximum absolute atomic E-state index is 8.55. The molecule has 0 atom stereocenters. The molecule has 17 heavy (non-hydrogen) atoms. The van der Waals surface area contributed by atoms with Crippen molar-refractivity contribution in [3.05, 3.63) is 29.8 Å². The Hall–Kier alpha value is -1.14. The average molecular weight is 249 g/mol. The normalized spacial score (nSPS) is 9.88. The van der Waals surface area contributed by atoms with Gasteiger partial charge in [0.1, 0.15) is 5.75 Å². The Morgan fingerprint density at radius 2 is 2.00 bits per heavy atom. The van der Waals surface area contributed by atoms with Gasteiger partial charge in [-0.2, -0.15) is 17.0 Å². The van der Waals surface area contributed by atoms with Crippen molar-refractivity contribution in [1.82, 2.24) is 0 Å². The van der Waals surface area contributed by atoms with Gasteiger partial charge in [-0.05, 0) is 29.9 Å². The minimum atomic E-state index is 0.465. The van der Waals surface area contributed by atoms with Crippen molar-refractivity contribution in [1.29, 1.82) is 5.26 Å². The van der Waals surface area contributed by atoms with Gasteiger partial charge in [0.2, 0.25) is 0 Å². The Labute approximate surface area is 108 Å². The second-order valence-corrected chi connectivity index (χ2v) is 5.02. The molecule has 1 aromatic carbocycles. The number of hydrogen-bond donors (Lipinski definition) is 0. The molecule has 92 valence electrons. The van der Waals surface area contributed by atoms with Crippen LogP contribution in [-0.2, 0) is 6.42 Å². The zero-order valence-corrected chi connectivity index (χ0v) is 11.1. The van der Waals surface area contributed by atoms with Crippen molar-refractivity contribution in [2.75, 3.05) is 18.1 Å². The van der Waals surface area contributed by atoms with Crippen LogP contribution in [0.15, 0.2) is 24.3 Å². The third-order valence-corrected chi connectivity index (χ3v) is 3.38. The molecule has 0 aliphatic heterocycles. The highest BCUT2D eigenvalue weighted by Gasteiger charge is 1.95. The largest absolute Gasteiger partial charge is 0.493 e. The number of nitrogens with zero attached hydrogens (tertiary/aromatic N) is 1. The monoisotopic (exact) mass is 249 g/mol. The molecule has 0 aliphatic rings. The van der Waals surface area contributed by atoms with Crippen molar-refractivity contribution in [3.63, 3.8) is 0 Å². The van der Waals surface area contributed by atoms with Crippen LogP contribution in [0.1, 0.15) is 25.3 Å². The molecule has 1 aromatic rings. The molecular formula is C14H19NOS. The summed E-state index contributed by atoms with van der Waals surface area (Å²) >= 11 is 1.94. The van der Waals surface area contributed by atoms with E-state index in [1.54, 1.807) is 0 Å². The first-order valence-corrected chi connectivity index (χ1v) is 7.18. The van der Waals surface area contributed by atoms with Crippen LogP contribution in [0.4, 0.5) is 0 Å². The molecule has 0 bridgehead atoms. The van der Waals surface area contributed by atoms with E-state index in [9.17, 15) is 0 Å². The summed E-state index contributed by atoms with van der Waals surface area (Å²) in [6, 6.07) is 9.89. The van der Waals surface area contributed by atoms with Gasteiger partial charge in [0.15, 0.2) is 0 Å². The van der Waals surface area contributed by atoms with Gasteiger partial charge in [0.05, 0.1) is 19.1 Å². The zero-order valence-electron chi connectivity index (χ0n) is 10.3. The van der Waals surface area contributed by atoms with E-state index in [1.807, 2.05) is 36.0 Å². The molecule has 0 aliphatic carbocycles. The molecule has 0 aromatic heterocycles. The second kappa shape index (κ2) is 8.95. The van der Waals surface area contributed by atoms with Crippen LogP contribution in [0.5, 0.6) is 5.75 Å². The Morgan fingerprint density at radius 3 is 2.65 bits per heavy atom. The standard InChI is InChI=1S/C14H19NOS/c1-2-3-11-17-12-10-16-14-6-4-13(5-7-14)8-9-15/h4-7H,2-3,8,10-12H2,1H3. The molecule has 0 radical (unpaired) electrons. The van der Waals surface area contributed by atoms with Gasteiger partial charge in [-0.3, -0.25) is 0 Å². The predicted octanol–water partition coefficient (Wildman–Crippen LogP) is 3.66. The van der Waals surface area contributed by atoms with E-state index in [2.05, 4.69) is 13.0 Å². The van der Waals surface area contributed by atoms with Gasteiger partial charge in [-0.15, -0.1) is 0 Å². The summed E-state index contributed by atoms with van der Waals surface area (Å²) in [5.41, 5.74) is 1.04. The molecule has 0 fully saturated rings. The van der Waals surface area contributed by atoms with Crippen molar-refractivity contribution in [3.8, 4) is 11.8 Å². The van der Waals surface area contributed by atoms with Crippen LogP contribution < -0.4 is 4.74 Å². The number of unbranched alkanes of at least 4 members (excludes halogenated alkanes) is 1. The summed E-state index contributed by atoms with van der Waals surface area (Å²) in [6.07, 6.45) is 3.01. The topological polar surface area (TPSA) is 33.0 Å². The number of thioether (sulfide) groups is 1. The van der Waals surface area contributed by atoms with E-state index in [1.165, 1.54) is 18.6 Å². The quantitative estimate of drug-likeness (QED) is 0.659. The third kappa shape index (κ3) is 6.23. The molecule has 0 spiro atoms. The SMILES string of the molecule is CCCCSCCOc1ccc(CC#N)cc1. The van der Waals surface area contributed by atoms with E-state index >= 15 is 0 Å². The molecule has 0 saturated heterocycles. The summed E-state index contributed by atoms with van der Waals surface area (Å²) in [4.78, 5) is 0. The van der Waals surface area contributed by atoms with E-state index < -0.39 is 0 Å². The van der Waals surface area contributed by atoms with Crippen LogP contribution in [0.3, 0.4) is 0 Å². The molecule has 0 saturated carbocycles. The maximum atomic E-state index is 8.55. The van der Waals surface area contributed by atoms with Gasteiger partial charge in [0.25, 0.3) is 0 Å². The van der Waals surface area contributed by atoms with E-state index in [0.29, 0.717) is 6.42 Å². The second-order valence-electron chi connectivity index (χ2n) is 3.79. The Balaban J connectivity index is 2.17. The molecule has 0 heterocycles. The highest BCUT2D eigenvalue weighted by molar-refractivity contribution is 7.99. The number of benzene rings is 1. The first-order chi connectivity index (χ1) is 8.36. The highest BCUT2D eigenvalue weighted by Crippen LogP contribution is 2.13. The molecule has 0 N–H and O–H groups in total. The fraction of sp³-hybridized carbons (Fsp3) is 0.500. The van der Waals surface area contributed by atoms with E-state index in [-0.39, 0.29) is 0 Å². The average Bonchev–Trinajstić information content (AvgIpc) is 2.36. The van der Waals surface area contributed by atoms with Gasteiger partial charge in [-0.25, -0.2) is 0 Å². The molecule has 1 rings (SSSR count). The molecule has 0 amide bonds. The number of rotatable bonds is 8. The summed E-state index contributed by atoms with van der Waals surface area (Å²) in [6.45, 7) is 2.96. The van der Waals surface area contributed by atoms with Gasteiger partial charge >= 0.3 is 0 Å². The van der Waals surface area contributed by atoms with Crippen molar-refractivity contribution in [2.24, 2.45) is 0 Å². The van der Waals surface area contributed by atoms with Crippen LogP contribution in [-0.4, -0.2) is 18.1 Å². The minimum absolute atomic E-state index is 0.465. The lowest BCUT2D eigenvalue weighted by Gasteiger charge is -2.06. The highest BCUT2D eigenvalue weighted by atomic mass is 32.2. The predicted molar refractivity (Wildman–Crippen MR) is 73.5 cm³/mol. The summed E-state index contributed by atoms with van der Waals surface area (Å²) < 4.78 is 5.62. The number of nitriles is 1. The Kier molecular flexibility index (Phi) is 7.33. The molecular weight excluding hydrogens is 230 g/mol. The fourth-order valence-electron chi connectivity index (χ4n) is 1.36. The minimum Gasteiger partial charge on any atom is -0.493 e. The van der Waals surface area contributed by atoms with Crippen LogP contribution >= 0.6 is 11.8 Å². The van der Waals surface area contributed by atoms with Gasteiger partial charge in [0, 0.05) is 5.75 Å². The number of ether oxygens (including phenoxy) is 1. The fourth-order valence-corrected chi connectivity index (χ4v) is 2.26. The maximum Gasteiger partial charge on any atom is 0.119 e. The van der Waals surface area contributed by atoms with Crippen molar-refractivity contribution in [2.45, 2.75) is 26.2 Å². The van der Waals surface area contributed by atoms with Crippen molar-refractivity contribution < 1.29 is 4.74 Å². The lowest BCUT2D eigenvalue weighted by atomic mass is 10.2. The van der Waals surface area contributed by atoms with E-state index in [0.717, 1.165) is 23.7 Å².